The Labute approximate surface area is 133 Å². The van der Waals surface area contributed by atoms with E-state index in [0.717, 1.165) is 0 Å². The number of nitrogens with two attached hydrogens (primary N) is 4. The van der Waals surface area contributed by atoms with E-state index in [2.05, 4.69) is 0 Å². The lowest BCUT2D eigenvalue weighted by Gasteiger charge is -2.46. The van der Waals surface area contributed by atoms with Gasteiger partial charge in [0, 0.05) is 13.1 Å². The van der Waals surface area contributed by atoms with E-state index >= 15 is 0 Å². The van der Waals surface area contributed by atoms with E-state index in [4.69, 9.17) is 37.1 Å². The molecule has 0 aromatic carbocycles. The average Bonchev–Trinajstić information content (AvgIpc) is 2.55. The van der Waals surface area contributed by atoms with Gasteiger partial charge in [-0.1, -0.05) is 0 Å². The number of ether oxygens (including phenoxy) is 3. The highest BCUT2D eigenvalue weighted by molar-refractivity contribution is 4.96. The third-order valence-corrected chi connectivity index (χ3v) is 4.25. The first-order valence-corrected chi connectivity index (χ1v) is 7.41. The van der Waals surface area contributed by atoms with E-state index in [9.17, 15) is 20.4 Å². The van der Waals surface area contributed by atoms with Crippen molar-refractivity contribution in [3.05, 3.63) is 0 Å². The standard InChI is InChI=1S/C12H26N4O7/c13-1-3-7(17)8(18)6(16)12(22-3)23-10-4(2-14)21-11(20)5(15)9(10)19/h3-12,17-20H,1-2,13-16H2/t3-,4-,5-,6-,7-,8-,9-,10-,11-,12+/m1/s1. The van der Waals surface area contributed by atoms with Crippen LogP contribution in [0.4, 0.5) is 0 Å². The molecule has 2 saturated heterocycles. The van der Waals surface area contributed by atoms with Gasteiger partial charge in [-0.2, -0.15) is 0 Å². The zero-order valence-electron chi connectivity index (χ0n) is 12.5. The first-order valence-electron chi connectivity index (χ1n) is 7.41. The lowest BCUT2D eigenvalue weighted by atomic mass is 9.95. The van der Waals surface area contributed by atoms with Gasteiger partial charge in [-0.05, 0) is 0 Å². The van der Waals surface area contributed by atoms with Crippen molar-refractivity contribution in [1.29, 1.82) is 0 Å². The van der Waals surface area contributed by atoms with E-state index < -0.39 is 61.3 Å². The molecule has 2 fully saturated rings. The normalized spacial score (nSPS) is 51.7. The first kappa shape index (κ1) is 18.9. The summed E-state index contributed by atoms with van der Waals surface area (Å²) in [7, 11) is 0. The van der Waals surface area contributed by atoms with Gasteiger partial charge in [0.1, 0.15) is 36.6 Å². The lowest BCUT2D eigenvalue weighted by molar-refractivity contribution is -0.316. The number of aliphatic hydroxyl groups excluding tert-OH is 4. The average molecular weight is 338 g/mol. The van der Waals surface area contributed by atoms with E-state index in [1.807, 2.05) is 0 Å². The van der Waals surface area contributed by atoms with Crippen LogP contribution in [0, 0.1) is 0 Å². The maximum absolute atomic E-state index is 10.2. The lowest BCUT2D eigenvalue weighted by Crippen LogP contribution is -2.68. The predicted molar refractivity (Wildman–Crippen MR) is 76.5 cm³/mol. The highest BCUT2D eigenvalue weighted by Crippen LogP contribution is 2.26. The first-order chi connectivity index (χ1) is 10.8. The van der Waals surface area contributed by atoms with Gasteiger partial charge in [-0.3, -0.25) is 0 Å². The second-order valence-corrected chi connectivity index (χ2v) is 5.81. The van der Waals surface area contributed by atoms with Crippen LogP contribution < -0.4 is 22.9 Å². The summed E-state index contributed by atoms with van der Waals surface area (Å²) in [6, 6.07) is -2.19. The summed E-state index contributed by atoms with van der Waals surface area (Å²) < 4.78 is 16.2. The summed E-state index contributed by atoms with van der Waals surface area (Å²) in [6.45, 7) is -0.119. The van der Waals surface area contributed by atoms with Gasteiger partial charge in [0.25, 0.3) is 0 Å². The molecule has 0 bridgehead atoms. The Morgan fingerprint density at radius 2 is 1.39 bits per heavy atom. The van der Waals surface area contributed by atoms with Gasteiger partial charge in [0.2, 0.25) is 0 Å². The molecule has 23 heavy (non-hydrogen) atoms. The highest BCUT2D eigenvalue weighted by atomic mass is 16.7. The molecule has 0 saturated carbocycles. The highest BCUT2D eigenvalue weighted by Gasteiger charge is 2.48. The molecule has 0 radical (unpaired) electrons. The zero-order chi connectivity index (χ0) is 17.3. The van der Waals surface area contributed by atoms with Gasteiger partial charge >= 0.3 is 0 Å². The third kappa shape index (κ3) is 3.65. The fourth-order valence-corrected chi connectivity index (χ4v) is 2.74. The Hall–Kier alpha value is -0.440. The molecule has 0 unspecified atom stereocenters. The molecule has 136 valence electrons. The second-order valence-electron chi connectivity index (χ2n) is 5.81. The van der Waals surface area contributed by atoms with E-state index in [1.54, 1.807) is 0 Å². The number of rotatable bonds is 4. The Kier molecular flexibility index (Phi) is 6.27. The van der Waals surface area contributed by atoms with Gasteiger partial charge in [-0.25, -0.2) is 0 Å². The zero-order valence-corrected chi connectivity index (χ0v) is 12.5. The maximum atomic E-state index is 10.2. The SMILES string of the molecule is NC[C@H]1O[C@@H](O[C@H]2[C@H](O)[C@@H](N)[C@H](O)O[C@@H]2CN)[C@H](N)[C@@H](O)[C@@H]1O. The van der Waals surface area contributed by atoms with Crippen LogP contribution in [0.15, 0.2) is 0 Å². The van der Waals surface area contributed by atoms with Crippen molar-refractivity contribution in [2.24, 2.45) is 22.9 Å². The summed E-state index contributed by atoms with van der Waals surface area (Å²) in [5, 5.41) is 39.6. The summed E-state index contributed by atoms with van der Waals surface area (Å²) in [5.74, 6) is 0. The van der Waals surface area contributed by atoms with Crippen molar-refractivity contribution >= 4 is 0 Å². The van der Waals surface area contributed by atoms with Gasteiger partial charge in [0.15, 0.2) is 12.6 Å². The molecule has 10 atom stereocenters. The van der Waals surface area contributed by atoms with E-state index in [-0.39, 0.29) is 13.1 Å². The molecule has 2 aliphatic heterocycles. The van der Waals surface area contributed by atoms with Crippen molar-refractivity contribution in [1.82, 2.24) is 0 Å². The fourth-order valence-electron chi connectivity index (χ4n) is 2.74. The summed E-state index contributed by atoms with van der Waals surface area (Å²) in [6.07, 6.45) is -9.18. The van der Waals surface area contributed by atoms with Crippen LogP contribution in [0.25, 0.3) is 0 Å². The molecule has 0 aromatic heterocycles. The Morgan fingerprint density at radius 1 is 0.783 bits per heavy atom. The minimum absolute atomic E-state index is 0.0566. The topological polar surface area (TPSA) is 213 Å². The summed E-state index contributed by atoms with van der Waals surface area (Å²) in [5.41, 5.74) is 22.5. The molecule has 11 nitrogen and oxygen atoms in total. The predicted octanol–water partition coefficient (Wildman–Crippen LogP) is -5.53. The largest absolute Gasteiger partial charge is 0.388 e. The van der Waals surface area contributed by atoms with Crippen LogP contribution in [0.2, 0.25) is 0 Å². The van der Waals surface area contributed by atoms with Crippen LogP contribution in [0.3, 0.4) is 0 Å². The Bertz CT molecular complexity index is 388. The van der Waals surface area contributed by atoms with Crippen molar-refractivity contribution < 1.29 is 34.6 Å². The molecule has 0 spiro atoms. The van der Waals surface area contributed by atoms with Crippen LogP contribution in [0.1, 0.15) is 0 Å². The number of hydrogen-bond donors (Lipinski definition) is 8. The van der Waals surface area contributed by atoms with Crippen LogP contribution in [0.5, 0.6) is 0 Å². The van der Waals surface area contributed by atoms with Crippen molar-refractivity contribution in [2.45, 2.75) is 61.3 Å². The molecular weight excluding hydrogens is 312 g/mol. The maximum Gasteiger partial charge on any atom is 0.176 e. The van der Waals surface area contributed by atoms with Crippen molar-refractivity contribution in [3.63, 3.8) is 0 Å². The van der Waals surface area contributed by atoms with Gasteiger partial charge in [-0.15, -0.1) is 0 Å². The molecule has 12 N–H and O–H groups in total. The molecule has 2 rings (SSSR count). The van der Waals surface area contributed by atoms with Crippen molar-refractivity contribution in [2.75, 3.05) is 13.1 Å². The molecule has 0 aliphatic carbocycles. The van der Waals surface area contributed by atoms with Crippen LogP contribution >= 0.6 is 0 Å². The van der Waals surface area contributed by atoms with Crippen LogP contribution in [-0.2, 0) is 14.2 Å². The van der Waals surface area contributed by atoms with E-state index in [0.29, 0.717) is 0 Å². The van der Waals surface area contributed by atoms with Crippen molar-refractivity contribution in [3.8, 4) is 0 Å². The quantitative estimate of drug-likeness (QED) is 0.242. The second kappa shape index (κ2) is 7.63. The fraction of sp³-hybridized carbons (Fsp3) is 1.00. The summed E-state index contributed by atoms with van der Waals surface area (Å²) in [4.78, 5) is 0. The molecule has 2 aliphatic rings. The minimum Gasteiger partial charge on any atom is -0.388 e. The molecule has 0 amide bonds. The number of hydrogen-bond acceptors (Lipinski definition) is 11. The minimum atomic E-state index is -1.39. The Balaban J connectivity index is 2.11. The third-order valence-electron chi connectivity index (χ3n) is 4.25. The molecular formula is C12H26N4O7. The summed E-state index contributed by atoms with van der Waals surface area (Å²) >= 11 is 0. The number of aliphatic hydroxyl groups is 4. The smallest absolute Gasteiger partial charge is 0.176 e. The van der Waals surface area contributed by atoms with Gasteiger partial charge in [0.05, 0.1) is 12.1 Å². The van der Waals surface area contributed by atoms with E-state index in [1.165, 1.54) is 0 Å². The molecule has 0 aromatic rings. The molecule has 2 heterocycles. The molecule has 11 heteroatoms. The monoisotopic (exact) mass is 338 g/mol. The van der Waals surface area contributed by atoms with Crippen LogP contribution in [-0.4, -0.2) is 94.8 Å². The Morgan fingerprint density at radius 3 is 1.96 bits per heavy atom. The van der Waals surface area contributed by atoms with Gasteiger partial charge < -0.3 is 57.6 Å².